The molecule has 1 heteroatoms. The normalized spacial score (nSPS) is 18.8. The maximum absolute atomic E-state index is 6.16. The number of hydrogen-bond acceptors (Lipinski definition) is 0. The van der Waals surface area contributed by atoms with Crippen LogP contribution in [0.2, 0.25) is 5.02 Å². The Morgan fingerprint density at radius 3 is 2.38 bits per heavy atom. The molecular weight excluding hydrogens is 180 g/mol. The van der Waals surface area contributed by atoms with Crippen LogP contribution in [0, 0.1) is 0 Å². The first-order valence-electron chi connectivity index (χ1n) is 5.12. The molecule has 0 aromatic heterocycles. The summed E-state index contributed by atoms with van der Waals surface area (Å²) in [6.45, 7) is 0. The lowest BCUT2D eigenvalue weighted by Gasteiger charge is -2.22. The van der Waals surface area contributed by atoms with E-state index in [2.05, 4.69) is 12.1 Å². The van der Waals surface area contributed by atoms with Crippen LogP contribution in [0.5, 0.6) is 0 Å². The van der Waals surface area contributed by atoms with Crippen molar-refractivity contribution in [1.29, 1.82) is 0 Å². The molecular formula is C12H15Cl. The van der Waals surface area contributed by atoms with Gasteiger partial charge in [-0.15, -0.1) is 0 Å². The molecule has 0 bridgehead atoms. The molecule has 0 aliphatic heterocycles. The number of rotatable bonds is 1. The van der Waals surface area contributed by atoms with E-state index in [0.29, 0.717) is 0 Å². The summed E-state index contributed by atoms with van der Waals surface area (Å²) >= 11 is 6.16. The second kappa shape index (κ2) is 4.15. The molecule has 1 aliphatic carbocycles. The van der Waals surface area contributed by atoms with E-state index in [-0.39, 0.29) is 0 Å². The molecule has 0 nitrogen and oxygen atoms in total. The molecule has 0 radical (unpaired) electrons. The molecule has 70 valence electrons. The van der Waals surface area contributed by atoms with Gasteiger partial charge in [0.05, 0.1) is 0 Å². The molecule has 1 fully saturated rings. The molecule has 2 rings (SSSR count). The standard InChI is InChI=1S/C12H15Cl/c13-12-9-5-4-8-11(12)10-6-2-1-3-7-10/h4-5,8-10H,1-3,6-7H2. The molecule has 13 heavy (non-hydrogen) atoms. The maximum atomic E-state index is 6.16. The van der Waals surface area contributed by atoms with Crippen LogP contribution in [-0.4, -0.2) is 0 Å². The van der Waals surface area contributed by atoms with E-state index in [1.54, 1.807) is 0 Å². The van der Waals surface area contributed by atoms with Crippen molar-refractivity contribution in [3.05, 3.63) is 34.9 Å². The van der Waals surface area contributed by atoms with E-state index in [1.807, 2.05) is 12.1 Å². The summed E-state index contributed by atoms with van der Waals surface area (Å²) in [7, 11) is 0. The molecule has 0 N–H and O–H groups in total. The lowest BCUT2D eigenvalue weighted by molar-refractivity contribution is 0.444. The summed E-state index contributed by atoms with van der Waals surface area (Å²) in [6.07, 6.45) is 6.79. The number of benzene rings is 1. The molecule has 0 atom stereocenters. The van der Waals surface area contributed by atoms with Gasteiger partial charge in [-0.3, -0.25) is 0 Å². The Kier molecular flexibility index (Phi) is 2.90. The highest BCUT2D eigenvalue weighted by Crippen LogP contribution is 2.35. The van der Waals surface area contributed by atoms with Crippen molar-refractivity contribution in [1.82, 2.24) is 0 Å². The fourth-order valence-corrected chi connectivity index (χ4v) is 2.51. The van der Waals surface area contributed by atoms with E-state index in [1.165, 1.54) is 37.7 Å². The predicted molar refractivity (Wildman–Crippen MR) is 57.3 cm³/mol. The minimum atomic E-state index is 0.724. The zero-order valence-corrected chi connectivity index (χ0v) is 8.56. The first-order chi connectivity index (χ1) is 6.38. The smallest absolute Gasteiger partial charge is 0.0440 e. The zero-order valence-electron chi connectivity index (χ0n) is 7.80. The molecule has 0 amide bonds. The van der Waals surface area contributed by atoms with Crippen molar-refractivity contribution in [2.75, 3.05) is 0 Å². The van der Waals surface area contributed by atoms with Crippen LogP contribution in [0.3, 0.4) is 0 Å². The number of hydrogen-bond donors (Lipinski definition) is 0. The molecule has 0 spiro atoms. The van der Waals surface area contributed by atoms with Crippen molar-refractivity contribution in [2.45, 2.75) is 38.0 Å². The minimum absolute atomic E-state index is 0.724. The highest BCUT2D eigenvalue weighted by Gasteiger charge is 2.16. The molecule has 1 aromatic rings. The molecule has 1 aromatic carbocycles. The van der Waals surface area contributed by atoms with Crippen LogP contribution < -0.4 is 0 Å². The fraction of sp³-hybridized carbons (Fsp3) is 0.500. The lowest BCUT2D eigenvalue weighted by atomic mass is 9.84. The Hall–Kier alpha value is -0.490. The third-order valence-corrected chi connectivity index (χ3v) is 3.29. The van der Waals surface area contributed by atoms with Crippen LogP contribution in [0.15, 0.2) is 24.3 Å². The van der Waals surface area contributed by atoms with Crippen LogP contribution in [0.25, 0.3) is 0 Å². The van der Waals surface area contributed by atoms with Gasteiger partial charge in [-0.2, -0.15) is 0 Å². The molecule has 1 aliphatic rings. The Morgan fingerprint density at radius 1 is 1.00 bits per heavy atom. The lowest BCUT2D eigenvalue weighted by Crippen LogP contribution is -2.04. The predicted octanol–water partition coefficient (Wildman–Crippen LogP) is 4.39. The second-order valence-corrected chi connectivity index (χ2v) is 4.26. The molecule has 1 saturated carbocycles. The van der Waals surface area contributed by atoms with Gasteiger partial charge in [-0.05, 0) is 30.4 Å². The van der Waals surface area contributed by atoms with Crippen LogP contribution in [0.1, 0.15) is 43.6 Å². The average Bonchev–Trinajstić information content (AvgIpc) is 2.20. The van der Waals surface area contributed by atoms with Gasteiger partial charge in [0.15, 0.2) is 0 Å². The Morgan fingerprint density at radius 2 is 1.69 bits per heavy atom. The van der Waals surface area contributed by atoms with Gasteiger partial charge in [-0.1, -0.05) is 49.1 Å². The maximum Gasteiger partial charge on any atom is 0.0440 e. The average molecular weight is 195 g/mol. The van der Waals surface area contributed by atoms with Crippen molar-refractivity contribution < 1.29 is 0 Å². The summed E-state index contributed by atoms with van der Waals surface area (Å²) in [5.74, 6) is 0.724. The highest BCUT2D eigenvalue weighted by molar-refractivity contribution is 6.31. The molecule has 0 unspecified atom stereocenters. The van der Waals surface area contributed by atoms with Crippen molar-refractivity contribution >= 4 is 11.6 Å². The molecule has 0 saturated heterocycles. The quantitative estimate of drug-likeness (QED) is 0.622. The summed E-state index contributed by atoms with van der Waals surface area (Å²) in [5.41, 5.74) is 1.36. The van der Waals surface area contributed by atoms with Gasteiger partial charge in [0, 0.05) is 5.02 Å². The van der Waals surface area contributed by atoms with Gasteiger partial charge in [0.1, 0.15) is 0 Å². The SMILES string of the molecule is Clc1ccccc1C1CCCCC1. The van der Waals surface area contributed by atoms with Gasteiger partial charge >= 0.3 is 0 Å². The Bertz CT molecular complexity index is 274. The topological polar surface area (TPSA) is 0 Å². The van der Waals surface area contributed by atoms with Crippen LogP contribution in [0.4, 0.5) is 0 Å². The van der Waals surface area contributed by atoms with Crippen LogP contribution >= 0.6 is 11.6 Å². The van der Waals surface area contributed by atoms with Crippen LogP contribution in [-0.2, 0) is 0 Å². The third kappa shape index (κ3) is 2.05. The fourth-order valence-electron chi connectivity index (χ4n) is 2.22. The van der Waals surface area contributed by atoms with E-state index in [4.69, 9.17) is 11.6 Å². The summed E-state index contributed by atoms with van der Waals surface area (Å²) in [4.78, 5) is 0. The summed E-state index contributed by atoms with van der Waals surface area (Å²) in [6, 6.07) is 8.29. The summed E-state index contributed by atoms with van der Waals surface area (Å²) in [5, 5.41) is 0.953. The van der Waals surface area contributed by atoms with E-state index in [9.17, 15) is 0 Å². The Balaban J connectivity index is 2.18. The van der Waals surface area contributed by atoms with Gasteiger partial charge in [0.2, 0.25) is 0 Å². The van der Waals surface area contributed by atoms with Crippen molar-refractivity contribution in [3.8, 4) is 0 Å². The Labute approximate surface area is 84.9 Å². The summed E-state index contributed by atoms with van der Waals surface area (Å²) < 4.78 is 0. The van der Waals surface area contributed by atoms with Gasteiger partial charge < -0.3 is 0 Å². The third-order valence-electron chi connectivity index (χ3n) is 2.95. The van der Waals surface area contributed by atoms with Crippen molar-refractivity contribution in [2.24, 2.45) is 0 Å². The second-order valence-electron chi connectivity index (χ2n) is 3.86. The van der Waals surface area contributed by atoms with Gasteiger partial charge in [-0.25, -0.2) is 0 Å². The largest absolute Gasteiger partial charge is 0.0840 e. The van der Waals surface area contributed by atoms with Crippen molar-refractivity contribution in [3.63, 3.8) is 0 Å². The first-order valence-corrected chi connectivity index (χ1v) is 5.50. The minimum Gasteiger partial charge on any atom is -0.0840 e. The molecule has 0 heterocycles. The highest BCUT2D eigenvalue weighted by atomic mass is 35.5. The van der Waals surface area contributed by atoms with E-state index < -0.39 is 0 Å². The zero-order chi connectivity index (χ0) is 9.10. The monoisotopic (exact) mass is 194 g/mol. The van der Waals surface area contributed by atoms with E-state index in [0.717, 1.165) is 10.9 Å². The first kappa shape index (κ1) is 9.08. The van der Waals surface area contributed by atoms with E-state index >= 15 is 0 Å². The van der Waals surface area contributed by atoms with Gasteiger partial charge in [0.25, 0.3) is 0 Å². The number of halogens is 1.